The highest BCUT2D eigenvalue weighted by Gasteiger charge is 2.23. The van der Waals surface area contributed by atoms with Gasteiger partial charge in [0.2, 0.25) is 0 Å². The molecule has 2 aromatic carbocycles. The Labute approximate surface area is 206 Å². The maximum Gasteiger partial charge on any atom is 0.326 e. The molecule has 1 aliphatic rings. The molecule has 0 spiro atoms. The molecule has 182 valence electrons. The highest BCUT2D eigenvalue weighted by atomic mass is 35.5. The van der Waals surface area contributed by atoms with Gasteiger partial charge in [-0.3, -0.25) is 4.79 Å². The first-order valence-corrected chi connectivity index (χ1v) is 11.3. The Kier molecular flexibility index (Phi) is 7.67. The summed E-state index contributed by atoms with van der Waals surface area (Å²) in [6.07, 6.45) is 0.634. The predicted molar refractivity (Wildman–Crippen MR) is 128 cm³/mol. The molecule has 0 fully saturated rings. The van der Waals surface area contributed by atoms with Gasteiger partial charge < -0.3 is 25.2 Å². The summed E-state index contributed by atoms with van der Waals surface area (Å²) in [5, 5.41) is 15.2. The molecule has 2 heterocycles. The van der Waals surface area contributed by atoms with E-state index in [9.17, 15) is 19.1 Å². The number of ether oxygens (including phenoxy) is 2. The normalized spacial score (nSPS) is 13.1. The number of carbonyl (C=O) groups excluding carboxylic acids is 1. The summed E-state index contributed by atoms with van der Waals surface area (Å²) in [5.41, 5.74) is 1.42. The van der Waals surface area contributed by atoms with Gasteiger partial charge in [-0.05, 0) is 48.0 Å². The zero-order valence-corrected chi connectivity index (χ0v) is 19.3. The SMILES string of the molecule is O=C(N[C@@H](Cc1ccc(OCCc2ccc3c(n2)NCCO3)cc1)C(=O)O)c1cc(F)ccc1Cl. The van der Waals surface area contributed by atoms with Gasteiger partial charge in [0.05, 0.1) is 23.7 Å². The summed E-state index contributed by atoms with van der Waals surface area (Å²) in [5.74, 6) is -0.530. The van der Waals surface area contributed by atoms with E-state index < -0.39 is 23.7 Å². The number of halogens is 2. The molecule has 3 aromatic rings. The van der Waals surface area contributed by atoms with Gasteiger partial charge in [0, 0.05) is 18.5 Å². The minimum Gasteiger partial charge on any atom is -0.493 e. The van der Waals surface area contributed by atoms with Crippen LogP contribution in [0.25, 0.3) is 0 Å². The Morgan fingerprint density at radius 2 is 2.00 bits per heavy atom. The van der Waals surface area contributed by atoms with Crippen molar-refractivity contribution in [3.8, 4) is 11.5 Å². The van der Waals surface area contributed by atoms with Crippen LogP contribution < -0.4 is 20.1 Å². The Hall–Kier alpha value is -3.85. The van der Waals surface area contributed by atoms with E-state index in [-0.39, 0.29) is 17.0 Å². The third kappa shape index (κ3) is 6.39. The lowest BCUT2D eigenvalue weighted by Gasteiger charge is -2.18. The number of hydrogen-bond donors (Lipinski definition) is 3. The fraction of sp³-hybridized carbons (Fsp3) is 0.240. The first-order chi connectivity index (χ1) is 16.9. The van der Waals surface area contributed by atoms with Crippen LogP contribution in [0, 0.1) is 5.82 Å². The van der Waals surface area contributed by atoms with Crippen LogP contribution >= 0.6 is 11.6 Å². The van der Waals surface area contributed by atoms with E-state index in [0.717, 1.165) is 35.9 Å². The largest absolute Gasteiger partial charge is 0.493 e. The van der Waals surface area contributed by atoms with Gasteiger partial charge in [0.15, 0.2) is 11.6 Å². The van der Waals surface area contributed by atoms with Crippen molar-refractivity contribution < 1.29 is 28.6 Å². The second-order valence-electron chi connectivity index (χ2n) is 7.86. The number of pyridine rings is 1. The van der Waals surface area contributed by atoms with Crippen molar-refractivity contribution in [3.05, 3.63) is 82.3 Å². The molecule has 0 unspecified atom stereocenters. The number of carboxylic acids is 1. The average molecular weight is 500 g/mol. The van der Waals surface area contributed by atoms with Crippen LogP contribution in [-0.2, 0) is 17.6 Å². The molecule has 0 aliphatic carbocycles. The second kappa shape index (κ2) is 11.1. The second-order valence-corrected chi connectivity index (χ2v) is 8.27. The monoisotopic (exact) mass is 499 g/mol. The van der Waals surface area contributed by atoms with E-state index in [0.29, 0.717) is 30.9 Å². The third-order valence-corrected chi connectivity index (χ3v) is 5.66. The molecular weight excluding hydrogens is 477 g/mol. The molecule has 0 saturated heterocycles. The number of fused-ring (bicyclic) bond motifs is 1. The van der Waals surface area contributed by atoms with Crippen molar-refractivity contribution >= 4 is 29.3 Å². The highest BCUT2D eigenvalue weighted by Crippen LogP contribution is 2.25. The van der Waals surface area contributed by atoms with Crippen LogP contribution in [0.15, 0.2) is 54.6 Å². The summed E-state index contributed by atoms with van der Waals surface area (Å²) >= 11 is 5.94. The van der Waals surface area contributed by atoms with Gasteiger partial charge in [-0.15, -0.1) is 0 Å². The van der Waals surface area contributed by atoms with Crippen LogP contribution in [0.1, 0.15) is 21.6 Å². The lowest BCUT2D eigenvalue weighted by Crippen LogP contribution is -2.42. The Bertz CT molecular complexity index is 1220. The van der Waals surface area contributed by atoms with Gasteiger partial charge in [0.25, 0.3) is 5.91 Å². The van der Waals surface area contributed by atoms with Crippen LogP contribution in [0.3, 0.4) is 0 Å². The van der Waals surface area contributed by atoms with Crippen molar-refractivity contribution in [2.24, 2.45) is 0 Å². The Morgan fingerprint density at radius 3 is 2.77 bits per heavy atom. The van der Waals surface area contributed by atoms with E-state index >= 15 is 0 Å². The summed E-state index contributed by atoms with van der Waals surface area (Å²) in [4.78, 5) is 28.6. The van der Waals surface area contributed by atoms with E-state index in [4.69, 9.17) is 21.1 Å². The lowest BCUT2D eigenvalue weighted by molar-refractivity contribution is -0.139. The number of amides is 1. The molecule has 1 amide bonds. The third-order valence-electron chi connectivity index (χ3n) is 5.33. The zero-order chi connectivity index (χ0) is 24.8. The minimum atomic E-state index is -1.22. The van der Waals surface area contributed by atoms with E-state index in [2.05, 4.69) is 15.6 Å². The standard InChI is InChI=1S/C25H23ClFN3O5/c26-20-7-3-16(27)14-19(20)24(31)30-21(25(32)33)13-15-1-5-18(6-2-15)34-11-9-17-4-8-22-23(29-17)28-10-12-35-22/h1-8,14,21H,9-13H2,(H,28,29)(H,30,31)(H,32,33)/t21-/m0/s1. The number of hydrogen-bond acceptors (Lipinski definition) is 6. The van der Waals surface area contributed by atoms with Crippen LogP contribution in [-0.4, -0.2) is 47.8 Å². The van der Waals surface area contributed by atoms with Crippen molar-refractivity contribution in [2.45, 2.75) is 18.9 Å². The summed E-state index contributed by atoms with van der Waals surface area (Å²) < 4.78 is 24.8. The first-order valence-electron chi connectivity index (χ1n) is 11.0. The molecule has 3 N–H and O–H groups in total. The van der Waals surface area contributed by atoms with Crippen molar-refractivity contribution in [2.75, 3.05) is 25.1 Å². The molecule has 35 heavy (non-hydrogen) atoms. The van der Waals surface area contributed by atoms with Gasteiger partial charge >= 0.3 is 5.97 Å². The van der Waals surface area contributed by atoms with Gasteiger partial charge in [-0.1, -0.05) is 23.7 Å². The maximum atomic E-state index is 13.5. The van der Waals surface area contributed by atoms with Crippen molar-refractivity contribution in [1.29, 1.82) is 0 Å². The van der Waals surface area contributed by atoms with Gasteiger partial charge in [-0.2, -0.15) is 0 Å². The van der Waals surface area contributed by atoms with Crippen LogP contribution in [0.2, 0.25) is 5.02 Å². The fourth-order valence-electron chi connectivity index (χ4n) is 3.54. The molecule has 1 aliphatic heterocycles. The number of carbonyl (C=O) groups is 2. The molecule has 4 rings (SSSR count). The number of rotatable bonds is 9. The van der Waals surface area contributed by atoms with Gasteiger partial charge in [0.1, 0.15) is 24.2 Å². The highest BCUT2D eigenvalue weighted by molar-refractivity contribution is 6.33. The smallest absolute Gasteiger partial charge is 0.326 e. The average Bonchev–Trinajstić information content (AvgIpc) is 2.86. The summed E-state index contributed by atoms with van der Waals surface area (Å²) in [6, 6.07) is 12.8. The lowest BCUT2D eigenvalue weighted by atomic mass is 10.1. The number of anilines is 1. The van der Waals surface area contributed by atoms with Gasteiger partial charge in [-0.25, -0.2) is 14.2 Å². The van der Waals surface area contributed by atoms with Crippen molar-refractivity contribution in [1.82, 2.24) is 10.3 Å². The molecule has 1 atom stereocenters. The molecule has 0 bridgehead atoms. The van der Waals surface area contributed by atoms with Crippen LogP contribution in [0.5, 0.6) is 11.5 Å². The maximum absolute atomic E-state index is 13.5. The predicted octanol–water partition coefficient (Wildman–Crippen LogP) is 3.73. The van der Waals surface area contributed by atoms with E-state index in [1.54, 1.807) is 24.3 Å². The molecule has 1 aromatic heterocycles. The fourth-order valence-corrected chi connectivity index (χ4v) is 3.74. The quantitative estimate of drug-likeness (QED) is 0.411. The van der Waals surface area contributed by atoms with E-state index in [1.165, 1.54) is 6.07 Å². The Morgan fingerprint density at radius 1 is 1.20 bits per heavy atom. The number of nitrogens with one attached hydrogen (secondary N) is 2. The first kappa shape index (κ1) is 24.3. The molecule has 0 radical (unpaired) electrons. The number of aliphatic carboxylic acids is 1. The molecule has 8 nitrogen and oxygen atoms in total. The number of benzene rings is 2. The molecular formula is C25H23ClFN3O5. The minimum absolute atomic E-state index is 0.0302. The van der Waals surface area contributed by atoms with Crippen LogP contribution in [0.4, 0.5) is 10.2 Å². The molecule has 10 heteroatoms. The summed E-state index contributed by atoms with van der Waals surface area (Å²) in [7, 11) is 0. The number of nitrogens with zero attached hydrogens (tertiary/aromatic N) is 1. The van der Waals surface area contributed by atoms with Crippen molar-refractivity contribution in [3.63, 3.8) is 0 Å². The molecule has 0 saturated carbocycles. The topological polar surface area (TPSA) is 110 Å². The number of carboxylic acid groups (broad SMARTS) is 1. The Balaban J connectivity index is 1.31. The van der Waals surface area contributed by atoms with E-state index in [1.807, 2.05) is 12.1 Å². The number of aromatic nitrogens is 1. The summed E-state index contributed by atoms with van der Waals surface area (Å²) in [6.45, 7) is 1.75. The zero-order valence-electron chi connectivity index (χ0n) is 18.6.